The summed E-state index contributed by atoms with van der Waals surface area (Å²) in [6.07, 6.45) is 9.65. The van der Waals surface area contributed by atoms with E-state index in [0.29, 0.717) is 19.3 Å². The molecule has 0 unspecified atom stereocenters. The predicted octanol–water partition coefficient (Wildman–Crippen LogP) is 5.29. The fourth-order valence-electron chi connectivity index (χ4n) is 4.12. The summed E-state index contributed by atoms with van der Waals surface area (Å²) in [4.78, 5) is 16.8. The normalized spacial score (nSPS) is 15.9. The molecule has 6 nitrogen and oxygen atoms in total. The Morgan fingerprint density at radius 1 is 1.29 bits per heavy atom. The number of methoxy groups -OCH3 is 1. The summed E-state index contributed by atoms with van der Waals surface area (Å²) in [6, 6.07) is 3.67. The Morgan fingerprint density at radius 3 is 2.82 bits per heavy atom. The van der Waals surface area contributed by atoms with E-state index in [9.17, 15) is 9.18 Å². The molecule has 2 heterocycles. The first-order valence-electron chi connectivity index (χ1n) is 12.7. The van der Waals surface area contributed by atoms with Gasteiger partial charge in [0.25, 0.3) is 0 Å². The molecule has 1 aromatic rings. The number of hydrogen-bond acceptors (Lipinski definition) is 6. The lowest BCUT2D eigenvalue weighted by Crippen LogP contribution is -2.37. The number of hydrogen-bond donors (Lipinski definition) is 2. The third-order valence-corrected chi connectivity index (χ3v) is 5.83. The van der Waals surface area contributed by atoms with Crippen LogP contribution in [-0.2, 0) is 27.1 Å². The quantitative estimate of drug-likeness (QED) is 0.215. The second-order valence-electron chi connectivity index (χ2n) is 10.2. The number of alkyl halides is 1. The minimum Gasteiger partial charge on any atom is -0.459 e. The zero-order chi connectivity index (χ0) is 25.0. The lowest BCUT2D eigenvalue weighted by Gasteiger charge is -2.22. The Labute approximate surface area is 204 Å². The Morgan fingerprint density at radius 2 is 2.09 bits per heavy atom. The van der Waals surface area contributed by atoms with Gasteiger partial charge in [0.05, 0.1) is 6.61 Å². The van der Waals surface area contributed by atoms with Gasteiger partial charge in [0.2, 0.25) is 0 Å². The number of halogens is 1. The molecule has 0 saturated carbocycles. The fraction of sp³-hybridized carbons (Fsp3) is 0.704. The van der Waals surface area contributed by atoms with E-state index in [1.54, 1.807) is 0 Å². The molecule has 0 amide bonds. The maximum Gasteiger partial charge on any atom is 0.323 e. The van der Waals surface area contributed by atoms with Crippen LogP contribution in [0.4, 0.5) is 10.2 Å². The Hall–Kier alpha value is -1.99. The number of carbonyl (C=O) groups excluding carboxylic acids is 1. The van der Waals surface area contributed by atoms with Crippen LogP contribution in [0.5, 0.6) is 0 Å². The van der Waals surface area contributed by atoms with Crippen molar-refractivity contribution in [2.24, 2.45) is 5.73 Å². The summed E-state index contributed by atoms with van der Waals surface area (Å²) in [6.45, 7) is 6.56. The smallest absolute Gasteiger partial charge is 0.323 e. The number of nitrogens with zero attached hydrogens (tertiary/aromatic N) is 1. The fourth-order valence-corrected chi connectivity index (χ4v) is 4.12. The van der Waals surface area contributed by atoms with E-state index in [0.717, 1.165) is 62.2 Å². The van der Waals surface area contributed by atoms with Crippen molar-refractivity contribution in [3.8, 4) is 0 Å². The van der Waals surface area contributed by atoms with Crippen LogP contribution in [0.3, 0.4) is 0 Å². The van der Waals surface area contributed by atoms with E-state index < -0.39 is 23.8 Å². The Balaban J connectivity index is 1.78. The number of aromatic nitrogens is 1. The van der Waals surface area contributed by atoms with Crippen molar-refractivity contribution in [2.45, 2.75) is 103 Å². The Bertz CT molecular complexity index is 792. The number of pyridine rings is 1. The monoisotopic (exact) mass is 477 g/mol. The molecule has 3 N–H and O–H groups in total. The third-order valence-electron chi connectivity index (χ3n) is 5.83. The molecule has 0 spiro atoms. The molecule has 0 aliphatic carbocycles. The molecule has 34 heavy (non-hydrogen) atoms. The number of anilines is 1. The average Bonchev–Trinajstić information content (AvgIpc) is 2.77. The van der Waals surface area contributed by atoms with Crippen LogP contribution < -0.4 is 11.1 Å². The molecule has 0 fully saturated rings. The maximum atomic E-state index is 14.2. The van der Waals surface area contributed by atoms with Crippen molar-refractivity contribution < 1.29 is 18.7 Å². The van der Waals surface area contributed by atoms with Crippen LogP contribution in [0.1, 0.15) is 83.4 Å². The highest BCUT2D eigenvalue weighted by molar-refractivity contribution is 5.75. The number of allylic oxidation sites excluding steroid dienone is 2. The number of rotatable bonds is 14. The summed E-state index contributed by atoms with van der Waals surface area (Å²) >= 11 is 0. The number of unbranched alkanes of at least 4 members (excludes halogenated alkanes) is 2. The van der Waals surface area contributed by atoms with E-state index in [4.69, 9.17) is 20.2 Å². The van der Waals surface area contributed by atoms with Crippen LogP contribution in [0.2, 0.25) is 0 Å². The van der Waals surface area contributed by atoms with Crippen LogP contribution in [0.15, 0.2) is 23.8 Å². The molecular formula is C27H44FN3O3. The third kappa shape index (κ3) is 11.0. The first-order valence-corrected chi connectivity index (χ1v) is 12.7. The van der Waals surface area contributed by atoms with Gasteiger partial charge in [-0.2, -0.15) is 0 Å². The largest absolute Gasteiger partial charge is 0.459 e. The molecule has 1 aromatic heterocycles. The molecule has 0 aromatic carbocycles. The van der Waals surface area contributed by atoms with E-state index in [-0.39, 0.29) is 6.61 Å². The summed E-state index contributed by atoms with van der Waals surface area (Å²) in [7, 11) is 1.51. The van der Waals surface area contributed by atoms with E-state index in [1.807, 2.05) is 26.8 Å². The number of esters is 1. The highest BCUT2D eigenvalue weighted by Crippen LogP contribution is 2.22. The van der Waals surface area contributed by atoms with E-state index in [1.165, 1.54) is 19.1 Å². The highest BCUT2D eigenvalue weighted by atomic mass is 19.1. The number of ether oxygens (including phenoxy) is 2. The topological polar surface area (TPSA) is 86.5 Å². The lowest BCUT2D eigenvalue weighted by atomic mass is 9.98. The summed E-state index contributed by atoms with van der Waals surface area (Å²) < 4.78 is 24.5. The van der Waals surface area contributed by atoms with Gasteiger partial charge >= 0.3 is 5.97 Å². The standard InChI is InChI=1S/C27H44FN3O3/c1-27(2,3)34-26(32)24(29)14-8-11-20(18-22(28)19-33-4)10-6-5-7-13-23-16-15-21-12-9-17-30-25(21)31-23/h11,15-16,22,24H,5-10,12-14,17-19,29H2,1-4H3,(H,30,31)/b20-11-/t22-,24-/m0/s1. The van der Waals surface area contributed by atoms with Gasteiger partial charge in [0.1, 0.15) is 23.6 Å². The molecule has 2 atom stereocenters. The van der Waals surface area contributed by atoms with Gasteiger partial charge in [0.15, 0.2) is 0 Å². The van der Waals surface area contributed by atoms with Gasteiger partial charge < -0.3 is 20.5 Å². The van der Waals surface area contributed by atoms with Crippen molar-refractivity contribution in [2.75, 3.05) is 25.6 Å². The van der Waals surface area contributed by atoms with Crippen LogP contribution in [0.25, 0.3) is 0 Å². The zero-order valence-corrected chi connectivity index (χ0v) is 21.5. The molecule has 1 aliphatic heterocycles. The lowest BCUT2D eigenvalue weighted by molar-refractivity contribution is -0.156. The first-order chi connectivity index (χ1) is 16.2. The van der Waals surface area contributed by atoms with Gasteiger partial charge in [0, 0.05) is 25.8 Å². The first kappa shape index (κ1) is 28.2. The van der Waals surface area contributed by atoms with Gasteiger partial charge in [-0.05, 0) is 83.8 Å². The molecule has 0 bridgehead atoms. The van der Waals surface area contributed by atoms with Crippen LogP contribution >= 0.6 is 0 Å². The molecule has 2 rings (SSSR count). The van der Waals surface area contributed by atoms with Crippen molar-refractivity contribution in [1.29, 1.82) is 0 Å². The van der Waals surface area contributed by atoms with Gasteiger partial charge in [-0.3, -0.25) is 4.79 Å². The molecular weight excluding hydrogens is 433 g/mol. The summed E-state index contributed by atoms with van der Waals surface area (Å²) in [5, 5.41) is 3.39. The SMILES string of the molecule is COC[C@@H](F)C/C(=C\CC[C@H](N)C(=O)OC(C)(C)C)CCCCCc1ccc2c(n1)NCCC2. The predicted molar refractivity (Wildman–Crippen MR) is 136 cm³/mol. The van der Waals surface area contributed by atoms with Crippen LogP contribution in [0, 0.1) is 0 Å². The van der Waals surface area contributed by atoms with Crippen molar-refractivity contribution in [3.05, 3.63) is 35.0 Å². The molecule has 0 saturated heterocycles. The molecule has 1 aliphatic rings. The van der Waals surface area contributed by atoms with Crippen molar-refractivity contribution in [1.82, 2.24) is 4.98 Å². The molecule has 192 valence electrons. The average molecular weight is 478 g/mol. The minimum absolute atomic E-state index is 0.0901. The van der Waals surface area contributed by atoms with Crippen LogP contribution in [-0.4, -0.2) is 49.0 Å². The second kappa shape index (κ2) is 14.4. The van der Waals surface area contributed by atoms with E-state index in [2.05, 4.69) is 17.4 Å². The number of aryl methyl sites for hydroxylation is 2. The van der Waals surface area contributed by atoms with Gasteiger partial charge in [-0.1, -0.05) is 24.1 Å². The number of nitrogens with two attached hydrogens (primary N) is 1. The van der Waals surface area contributed by atoms with Gasteiger partial charge in [-0.25, -0.2) is 9.37 Å². The Kier molecular flexibility index (Phi) is 12.0. The highest BCUT2D eigenvalue weighted by Gasteiger charge is 2.21. The van der Waals surface area contributed by atoms with Crippen molar-refractivity contribution in [3.63, 3.8) is 0 Å². The van der Waals surface area contributed by atoms with Crippen molar-refractivity contribution >= 4 is 11.8 Å². The van der Waals surface area contributed by atoms with E-state index >= 15 is 0 Å². The number of fused-ring (bicyclic) bond motifs is 1. The number of carbonyl (C=O) groups is 1. The van der Waals surface area contributed by atoms with Gasteiger partial charge in [-0.15, -0.1) is 0 Å². The summed E-state index contributed by atoms with van der Waals surface area (Å²) in [5.41, 5.74) is 8.94. The zero-order valence-electron chi connectivity index (χ0n) is 21.5. The summed E-state index contributed by atoms with van der Waals surface area (Å²) in [5.74, 6) is 0.655. The molecule has 0 radical (unpaired) electrons. The number of nitrogens with one attached hydrogen (secondary N) is 1. The minimum atomic E-state index is -1.03. The maximum absolute atomic E-state index is 14.2. The molecule has 7 heteroatoms. The second-order valence-corrected chi connectivity index (χ2v) is 10.2.